The molecule has 0 aliphatic carbocycles. The van der Waals surface area contributed by atoms with E-state index in [2.05, 4.69) is 22.6 Å². The second-order valence-corrected chi connectivity index (χ2v) is 3.66. The molecule has 0 unspecified atom stereocenters. The van der Waals surface area contributed by atoms with Crippen LogP contribution in [0.4, 0.5) is 8.78 Å². The van der Waals surface area contributed by atoms with Gasteiger partial charge in [-0.15, -0.1) is 12.4 Å². The highest BCUT2D eigenvalue weighted by atomic mass is 127. The van der Waals surface area contributed by atoms with Crippen LogP contribution in [0.1, 0.15) is 11.6 Å². The SMILES string of the molecule is Cl.N[C@@H](c1ccc(I)cc1)C(F)F. The molecule has 1 rings (SSSR count). The minimum absolute atomic E-state index is 0. The first kappa shape index (κ1) is 13.1. The predicted octanol–water partition coefficient (Wildman–Crippen LogP) is 2.98. The number of alkyl halides is 2. The van der Waals surface area contributed by atoms with Crippen LogP contribution in [0.5, 0.6) is 0 Å². The number of benzene rings is 1. The molecular formula is C8H9ClF2IN. The molecule has 0 fully saturated rings. The van der Waals surface area contributed by atoms with Gasteiger partial charge in [-0.3, -0.25) is 0 Å². The fourth-order valence-electron chi connectivity index (χ4n) is 0.830. The molecule has 0 aliphatic rings. The van der Waals surface area contributed by atoms with Gasteiger partial charge in [-0.1, -0.05) is 12.1 Å². The van der Waals surface area contributed by atoms with E-state index in [0.717, 1.165) is 3.57 Å². The molecular weight excluding hydrogens is 310 g/mol. The molecule has 0 amide bonds. The lowest BCUT2D eigenvalue weighted by Gasteiger charge is -2.09. The van der Waals surface area contributed by atoms with E-state index in [9.17, 15) is 8.78 Å². The van der Waals surface area contributed by atoms with E-state index < -0.39 is 12.5 Å². The summed E-state index contributed by atoms with van der Waals surface area (Å²) in [6.07, 6.45) is -2.50. The lowest BCUT2D eigenvalue weighted by Crippen LogP contribution is -2.18. The molecule has 0 bridgehead atoms. The number of halogens is 4. The monoisotopic (exact) mass is 319 g/mol. The van der Waals surface area contributed by atoms with Crippen LogP contribution in [0.2, 0.25) is 0 Å². The van der Waals surface area contributed by atoms with Crippen LogP contribution in [0.3, 0.4) is 0 Å². The van der Waals surface area contributed by atoms with Crippen LogP contribution in [-0.2, 0) is 0 Å². The van der Waals surface area contributed by atoms with Crippen molar-refractivity contribution in [1.29, 1.82) is 0 Å². The summed E-state index contributed by atoms with van der Waals surface area (Å²) >= 11 is 2.11. The minimum Gasteiger partial charge on any atom is -0.319 e. The third-order valence-electron chi connectivity index (χ3n) is 1.53. The Balaban J connectivity index is 0.00000144. The molecule has 0 saturated carbocycles. The van der Waals surface area contributed by atoms with Gasteiger partial charge in [-0.05, 0) is 40.3 Å². The largest absolute Gasteiger partial charge is 0.319 e. The lowest BCUT2D eigenvalue weighted by atomic mass is 10.1. The summed E-state index contributed by atoms with van der Waals surface area (Å²) in [5.41, 5.74) is 5.71. The Kier molecular flexibility index (Phi) is 5.75. The highest BCUT2D eigenvalue weighted by Gasteiger charge is 2.16. The maximum absolute atomic E-state index is 12.1. The van der Waals surface area contributed by atoms with Gasteiger partial charge >= 0.3 is 0 Å². The van der Waals surface area contributed by atoms with Gasteiger partial charge in [0.05, 0.1) is 6.04 Å². The van der Waals surface area contributed by atoms with Crippen LogP contribution in [0, 0.1) is 3.57 Å². The molecule has 2 N–H and O–H groups in total. The quantitative estimate of drug-likeness (QED) is 0.833. The first-order valence-electron chi connectivity index (χ1n) is 3.40. The zero-order valence-electron chi connectivity index (χ0n) is 6.58. The molecule has 0 aliphatic heterocycles. The van der Waals surface area contributed by atoms with E-state index in [0.29, 0.717) is 5.56 Å². The van der Waals surface area contributed by atoms with Crippen molar-refractivity contribution in [3.05, 3.63) is 33.4 Å². The highest BCUT2D eigenvalue weighted by molar-refractivity contribution is 14.1. The first-order chi connectivity index (χ1) is 5.61. The van der Waals surface area contributed by atoms with E-state index in [1.807, 2.05) is 0 Å². The van der Waals surface area contributed by atoms with Crippen molar-refractivity contribution in [2.24, 2.45) is 5.73 Å². The molecule has 1 aromatic carbocycles. The molecule has 0 aromatic heterocycles. The van der Waals surface area contributed by atoms with Gasteiger partial charge in [-0.25, -0.2) is 8.78 Å². The Labute approximate surface area is 95.2 Å². The molecule has 5 heteroatoms. The van der Waals surface area contributed by atoms with Gasteiger partial charge in [0.15, 0.2) is 0 Å². The molecule has 1 aromatic rings. The minimum atomic E-state index is -2.50. The third kappa shape index (κ3) is 3.74. The zero-order valence-corrected chi connectivity index (χ0v) is 9.56. The fraction of sp³-hybridized carbons (Fsp3) is 0.250. The van der Waals surface area contributed by atoms with E-state index in [-0.39, 0.29) is 12.4 Å². The molecule has 74 valence electrons. The molecule has 1 atom stereocenters. The summed E-state index contributed by atoms with van der Waals surface area (Å²) in [7, 11) is 0. The highest BCUT2D eigenvalue weighted by Crippen LogP contribution is 2.18. The summed E-state index contributed by atoms with van der Waals surface area (Å²) in [4.78, 5) is 0. The molecule has 0 spiro atoms. The van der Waals surface area contributed by atoms with Crippen molar-refractivity contribution in [2.45, 2.75) is 12.5 Å². The second kappa shape index (κ2) is 5.72. The van der Waals surface area contributed by atoms with Crippen LogP contribution in [0.25, 0.3) is 0 Å². The number of rotatable bonds is 2. The van der Waals surface area contributed by atoms with E-state index >= 15 is 0 Å². The number of nitrogens with two attached hydrogens (primary N) is 1. The van der Waals surface area contributed by atoms with E-state index in [1.165, 1.54) is 0 Å². The van der Waals surface area contributed by atoms with Crippen LogP contribution >= 0.6 is 35.0 Å². The first-order valence-corrected chi connectivity index (χ1v) is 4.48. The lowest BCUT2D eigenvalue weighted by molar-refractivity contribution is 0.116. The van der Waals surface area contributed by atoms with Crippen molar-refractivity contribution < 1.29 is 8.78 Å². The van der Waals surface area contributed by atoms with Crippen molar-refractivity contribution in [3.8, 4) is 0 Å². The van der Waals surface area contributed by atoms with Crippen LogP contribution in [-0.4, -0.2) is 6.43 Å². The maximum atomic E-state index is 12.1. The molecule has 13 heavy (non-hydrogen) atoms. The van der Waals surface area contributed by atoms with Gasteiger partial charge in [0.1, 0.15) is 0 Å². The third-order valence-corrected chi connectivity index (χ3v) is 2.25. The fourth-order valence-corrected chi connectivity index (χ4v) is 1.19. The van der Waals surface area contributed by atoms with Crippen molar-refractivity contribution in [2.75, 3.05) is 0 Å². The summed E-state index contributed by atoms with van der Waals surface area (Å²) in [6.45, 7) is 0. The smallest absolute Gasteiger partial charge is 0.257 e. The average Bonchev–Trinajstić information content (AvgIpc) is 2.04. The summed E-state index contributed by atoms with van der Waals surface area (Å²) in [5, 5.41) is 0. The Morgan fingerprint density at radius 2 is 1.62 bits per heavy atom. The zero-order chi connectivity index (χ0) is 9.14. The van der Waals surface area contributed by atoms with Gasteiger partial charge in [0.25, 0.3) is 6.43 Å². The normalized spacial score (nSPS) is 12.4. The Bertz CT molecular complexity index is 253. The van der Waals surface area contributed by atoms with Crippen molar-refractivity contribution >= 4 is 35.0 Å². The van der Waals surface area contributed by atoms with Gasteiger partial charge in [0.2, 0.25) is 0 Å². The maximum Gasteiger partial charge on any atom is 0.257 e. The second-order valence-electron chi connectivity index (χ2n) is 2.41. The van der Waals surface area contributed by atoms with E-state index in [4.69, 9.17) is 5.73 Å². The van der Waals surface area contributed by atoms with Gasteiger partial charge < -0.3 is 5.73 Å². The summed E-state index contributed by atoms with van der Waals surface area (Å²) in [6, 6.07) is 5.61. The van der Waals surface area contributed by atoms with Crippen molar-refractivity contribution in [1.82, 2.24) is 0 Å². The Morgan fingerprint density at radius 3 is 2.00 bits per heavy atom. The van der Waals surface area contributed by atoms with Gasteiger partial charge in [-0.2, -0.15) is 0 Å². The van der Waals surface area contributed by atoms with E-state index in [1.54, 1.807) is 24.3 Å². The molecule has 0 heterocycles. The van der Waals surface area contributed by atoms with Crippen LogP contribution in [0.15, 0.2) is 24.3 Å². The predicted molar refractivity (Wildman–Crippen MR) is 59.3 cm³/mol. The van der Waals surface area contributed by atoms with Crippen LogP contribution < -0.4 is 5.73 Å². The topological polar surface area (TPSA) is 26.0 Å². The Hall–Kier alpha value is 0.0600. The molecule has 0 radical (unpaired) electrons. The summed E-state index contributed by atoms with van der Waals surface area (Å²) in [5.74, 6) is 0. The molecule has 1 nitrogen and oxygen atoms in total. The average molecular weight is 320 g/mol. The molecule has 0 saturated heterocycles. The number of hydrogen-bond donors (Lipinski definition) is 1. The van der Waals surface area contributed by atoms with Crippen molar-refractivity contribution in [3.63, 3.8) is 0 Å². The number of hydrogen-bond acceptors (Lipinski definition) is 1. The Morgan fingerprint density at radius 1 is 1.15 bits per heavy atom. The summed E-state index contributed by atoms with van der Waals surface area (Å²) < 4.78 is 25.2. The standard InChI is InChI=1S/C8H8F2IN.ClH/c9-8(10)7(12)5-1-3-6(11)4-2-5;/h1-4,7-8H,12H2;1H/t7-;/m0./s1. The van der Waals surface area contributed by atoms with Gasteiger partial charge in [0, 0.05) is 3.57 Å².